The first kappa shape index (κ1) is 11.1. The van der Waals surface area contributed by atoms with E-state index in [4.69, 9.17) is 0 Å². The van der Waals surface area contributed by atoms with Crippen LogP contribution in [0, 0.1) is 0 Å². The molecule has 67 valence electrons. The SMILES string of the molecule is C=CCN(CC=C)CCC[C]=O. The van der Waals surface area contributed by atoms with Gasteiger partial charge in [-0.05, 0) is 13.0 Å². The molecule has 0 rings (SSSR count). The van der Waals surface area contributed by atoms with Crippen molar-refractivity contribution in [1.82, 2.24) is 4.90 Å². The molecule has 0 N–H and O–H groups in total. The van der Waals surface area contributed by atoms with Gasteiger partial charge in [0.05, 0.1) is 0 Å². The van der Waals surface area contributed by atoms with Gasteiger partial charge in [0.15, 0.2) is 6.29 Å². The van der Waals surface area contributed by atoms with Crippen LogP contribution in [-0.2, 0) is 4.79 Å². The third kappa shape index (κ3) is 5.86. The zero-order valence-electron chi connectivity index (χ0n) is 7.46. The van der Waals surface area contributed by atoms with E-state index in [0.717, 1.165) is 26.1 Å². The minimum absolute atomic E-state index is 0.519. The van der Waals surface area contributed by atoms with Crippen LogP contribution >= 0.6 is 0 Å². The second-order valence-corrected chi connectivity index (χ2v) is 2.58. The molecule has 2 nitrogen and oxygen atoms in total. The van der Waals surface area contributed by atoms with Crippen molar-refractivity contribution < 1.29 is 4.79 Å². The Kier molecular flexibility index (Phi) is 7.60. The van der Waals surface area contributed by atoms with Crippen molar-refractivity contribution in [1.29, 1.82) is 0 Å². The highest BCUT2D eigenvalue weighted by Crippen LogP contribution is 1.94. The Labute approximate surface area is 74.6 Å². The van der Waals surface area contributed by atoms with Crippen LogP contribution in [0.15, 0.2) is 25.3 Å². The summed E-state index contributed by atoms with van der Waals surface area (Å²) in [7, 11) is 0. The minimum Gasteiger partial charge on any atom is -0.296 e. The lowest BCUT2D eigenvalue weighted by atomic mass is 10.3. The first-order chi connectivity index (χ1) is 5.85. The Morgan fingerprint density at radius 3 is 2.25 bits per heavy atom. The molecular formula is C10H16NO. The fourth-order valence-corrected chi connectivity index (χ4v) is 0.997. The fourth-order valence-electron chi connectivity index (χ4n) is 0.997. The lowest BCUT2D eigenvalue weighted by molar-refractivity contribution is 0.332. The Balaban J connectivity index is 3.53. The van der Waals surface area contributed by atoms with Gasteiger partial charge in [-0.1, -0.05) is 12.2 Å². The van der Waals surface area contributed by atoms with Gasteiger partial charge < -0.3 is 0 Å². The smallest absolute Gasteiger partial charge is 0.198 e. The number of carbonyl (C=O) groups excluding carboxylic acids is 1. The molecule has 0 heterocycles. The standard InChI is InChI=1S/C10H16NO/c1-3-7-11(8-4-2)9-5-6-10-12/h3-4H,1-2,5-9H2. The second-order valence-electron chi connectivity index (χ2n) is 2.58. The molecule has 0 aromatic heterocycles. The summed E-state index contributed by atoms with van der Waals surface area (Å²) in [5.41, 5.74) is 0. The Morgan fingerprint density at radius 2 is 1.83 bits per heavy atom. The number of hydrogen-bond donors (Lipinski definition) is 0. The van der Waals surface area contributed by atoms with Gasteiger partial charge in [0, 0.05) is 19.5 Å². The molecular weight excluding hydrogens is 150 g/mol. The van der Waals surface area contributed by atoms with Gasteiger partial charge in [0.1, 0.15) is 0 Å². The van der Waals surface area contributed by atoms with E-state index < -0.39 is 0 Å². The van der Waals surface area contributed by atoms with Crippen molar-refractivity contribution in [3.8, 4) is 0 Å². The van der Waals surface area contributed by atoms with Gasteiger partial charge in [-0.2, -0.15) is 0 Å². The summed E-state index contributed by atoms with van der Waals surface area (Å²) in [6, 6.07) is 0. The van der Waals surface area contributed by atoms with Crippen molar-refractivity contribution in [2.75, 3.05) is 19.6 Å². The molecule has 0 unspecified atom stereocenters. The van der Waals surface area contributed by atoms with E-state index >= 15 is 0 Å². The van der Waals surface area contributed by atoms with Gasteiger partial charge in [-0.3, -0.25) is 9.69 Å². The highest BCUT2D eigenvalue weighted by molar-refractivity contribution is 5.50. The highest BCUT2D eigenvalue weighted by Gasteiger charge is 1.98. The van der Waals surface area contributed by atoms with Crippen LogP contribution in [0.1, 0.15) is 12.8 Å². The average Bonchev–Trinajstić information content (AvgIpc) is 2.06. The number of hydrogen-bond acceptors (Lipinski definition) is 2. The van der Waals surface area contributed by atoms with Crippen molar-refractivity contribution >= 4 is 6.29 Å². The molecule has 1 radical (unpaired) electrons. The largest absolute Gasteiger partial charge is 0.296 e. The minimum atomic E-state index is 0.519. The zero-order chi connectivity index (χ0) is 9.23. The van der Waals surface area contributed by atoms with Gasteiger partial charge in [0.2, 0.25) is 0 Å². The molecule has 0 aliphatic rings. The van der Waals surface area contributed by atoms with Crippen molar-refractivity contribution in [2.24, 2.45) is 0 Å². The number of unbranched alkanes of at least 4 members (excludes halogenated alkanes) is 1. The second kappa shape index (κ2) is 8.21. The maximum Gasteiger partial charge on any atom is 0.198 e. The molecule has 0 spiro atoms. The van der Waals surface area contributed by atoms with E-state index in [-0.39, 0.29) is 0 Å². The van der Waals surface area contributed by atoms with Crippen LogP contribution in [0.5, 0.6) is 0 Å². The van der Waals surface area contributed by atoms with E-state index in [0.29, 0.717) is 6.42 Å². The van der Waals surface area contributed by atoms with Crippen LogP contribution < -0.4 is 0 Å². The lowest BCUT2D eigenvalue weighted by Crippen LogP contribution is -2.25. The van der Waals surface area contributed by atoms with Gasteiger partial charge >= 0.3 is 0 Å². The van der Waals surface area contributed by atoms with E-state index in [9.17, 15) is 4.79 Å². The van der Waals surface area contributed by atoms with Crippen LogP contribution in [0.25, 0.3) is 0 Å². The third-order valence-corrected chi connectivity index (χ3v) is 1.53. The van der Waals surface area contributed by atoms with Crippen LogP contribution in [0.3, 0.4) is 0 Å². The Hall–Kier alpha value is -0.890. The summed E-state index contributed by atoms with van der Waals surface area (Å²) in [4.78, 5) is 12.1. The van der Waals surface area contributed by atoms with Crippen molar-refractivity contribution in [3.63, 3.8) is 0 Å². The molecule has 0 saturated carbocycles. The van der Waals surface area contributed by atoms with E-state index in [2.05, 4.69) is 18.1 Å². The number of nitrogens with zero attached hydrogens (tertiary/aromatic N) is 1. The summed E-state index contributed by atoms with van der Waals surface area (Å²) in [6.45, 7) is 9.93. The maximum absolute atomic E-state index is 9.92. The van der Waals surface area contributed by atoms with Crippen LogP contribution in [-0.4, -0.2) is 30.8 Å². The van der Waals surface area contributed by atoms with E-state index in [1.807, 2.05) is 18.4 Å². The molecule has 0 aromatic rings. The predicted octanol–water partition coefficient (Wildman–Crippen LogP) is 1.55. The normalized spacial score (nSPS) is 9.75. The van der Waals surface area contributed by atoms with E-state index in [1.54, 1.807) is 0 Å². The topological polar surface area (TPSA) is 20.3 Å². The average molecular weight is 166 g/mol. The van der Waals surface area contributed by atoms with Gasteiger partial charge in [-0.25, -0.2) is 0 Å². The molecule has 0 atom stereocenters. The molecule has 0 fully saturated rings. The Bertz CT molecular complexity index is 133. The molecule has 0 aromatic carbocycles. The lowest BCUT2D eigenvalue weighted by Gasteiger charge is -2.17. The molecule has 2 heteroatoms. The summed E-state index contributed by atoms with van der Waals surface area (Å²) < 4.78 is 0. The first-order valence-electron chi connectivity index (χ1n) is 4.14. The summed E-state index contributed by atoms with van der Waals surface area (Å²) >= 11 is 0. The van der Waals surface area contributed by atoms with Crippen molar-refractivity contribution in [2.45, 2.75) is 12.8 Å². The van der Waals surface area contributed by atoms with Crippen molar-refractivity contribution in [3.05, 3.63) is 25.3 Å². The number of rotatable bonds is 8. The van der Waals surface area contributed by atoms with Crippen LogP contribution in [0.2, 0.25) is 0 Å². The Morgan fingerprint density at radius 1 is 1.25 bits per heavy atom. The molecule has 0 aliphatic carbocycles. The monoisotopic (exact) mass is 166 g/mol. The zero-order valence-corrected chi connectivity index (χ0v) is 7.46. The van der Waals surface area contributed by atoms with Gasteiger partial charge in [-0.15, -0.1) is 13.2 Å². The quantitative estimate of drug-likeness (QED) is 0.403. The highest BCUT2D eigenvalue weighted by atomic mass is 16.1. The summed E-state index contributed by atoms with van der Waals surface area (Å²) in [5.74, 6) is 0. The molecule has 12 heavy (non-hydrogen) atoms. The molecule has 0 amide bonds. The maximum atomic E-state index is 9.92. The molecule has 0 saturated heterocycles. The fraction of sp³-hybridized carbons (Fsp3) is 0.500. The van der Waals surface area contributed by atoms with Gasteiger partial charge in [0.25, 0.3) is 0 Å². The summed E-state index contributed by atoms with van der Waals surface area (Å²) in [6.07, 6.45) is 6.97. The third-order valence-electron chi connectivity index (χ3n) is 1.53. The van der Waals surface area contributed by atoms with E-state index in [1.165, 1.54) is 0 Å². The predicted molar refractivity (Wildman–Crippen MR) is 51.8 cm³/mol. The first-order valence-corrected chi connectivity index (χ1v) is 4.14. The molecule has 0 aliphatic heterocycles. The summed E-state index contributed by atoms with van der Waals surface area (Å²) in [5, 5.41) is 0. The van der Waals surface area contributed by atoms with Crippen LogP contribution in [0.4, 0.5) is 0 Å². The molecule has 0 bridgehead atoms.